The number of aromatic nitrogens is 1. The molecule has 0 bridgehead atoms. The molecule has 1 aliphatic heterocycles. The Balaban J connectivity index is 0.00000200. The molecule has 1 aromatic heterocycles. The highest BCUT2D eigenvalue weighted by Gasteiger charge is 2.17. The van der Waals surface area contributed by atoms with Crippen LogP contribution in [0.1, 0.15) is 12.0 Å². The average molecular weight is 392 g/mol. The number of hydrogen-bond donors (Lipinski definition) is 2. The summed E-state index contributed by atoms with van der Waals surface area (Å²) in [4.78, 5) is 8.28. The third kappa shape index (κ3) is 5.12. The van der Waals surface area contributed by atoms with Crippen LogP contribution in [0.5, 0.6) is 5.88 Å². The van der Waals surface area contributed by atoms with E-state index in [0.717, 1.165) is 24.6 Å². The summed E-state index contributed by atoms with van der Waals surface area (Å²) in [5.74, 6) is 1.40. The molecule has 7 heteroatoms. The van der Waals surface area contributed by atoms with Crippen LogP contribution in [0.15, 0.2) is 23.3 Å². The van der Waals surface area contributed by atoms with Gasteiger partial charge >= 0.3 is 0 Å². The lowest BCUT2D eigenvalue weighted by Crippen LogP contribution is -2.34. The maximum Gasteiger partial charge on any atom is 0.213 e. The molecule has 6 nitrogen and oxygen atoms in total. The zero-order valence-corrected chi connectivity index (χ0v) is 14.1. The van der Waals surface area contributed by atoms with Crippen molar-refractivity contribution in [1.82, 2.24) is 15.6 Å². The van der Waals surface area contributed by atoms with E-state index >= 15 is 0 Å². The first-order chi connectivity index (χ1) is 9.31. The standard InChI is InChI=1S/C13H20N4O2.HI/c1-14-13(15-2)17-8-10-3-5-16-12(7-10)19-11-4-6-18-9-11;/h3,5,7,11H,4,6,8-9H2,1-2H3,(H2,14,15,17);1H. The van der Waals surface area contributed by atoms with E-state index < -0.39 is 0 Å². The summed E-state index contributed by atoms with van der Waals surface area (Å²) in [7, 11) is 3.57. The third-order valence-corrected chi connectivity index (χ3v) is 2.89. The van der Waals surface area contributed by atoms with Crippen molar-refractivity contribution in [1.29, 1.82) is 0 Å². The van der Waals surface area contributed by atoms with E-state index in [1.54, 1.807) is 13.2 Å². The van der Waals surface area contributed by atoms with Crippen molar-refractivity contribution in [3.05, 3.63) is 23.9 Å². The second-order valence-electron chi connectivity index (χ2n) is 4.28. The Labute approximate surface area is 136 Å². The highest BCUT2D eigenvalue weighted by Crippen LogP contribution is 2.15. The summed E-state index contributed by atoms with van der Waals surface area (Å²) in [5.41, 5.74) is 1.10. The zero-order chi connectivity index (χ0) is 13.5. The van der Waals surface area contributed by atoms with Gasteiger partial charge < -0.3 is 20.1 Å². The van der Waals surface area contributed by atoms with Gasteiger partial charge in [0.15, 0.2) is 5.96 Å². The van der Waals surface area contributed by atoms with E-state index in [4.69, 9.17) is 9.47 Å². The second-order valence-corrected chi connectivity index (χ2v) is 4.28. The lowest BCUT2D eigenvalue weighted by molar-refractivity contribution is 0.138. The van der Waals surface area contributed by atoms with E-state index in [1.165, 1.54) is 0 Å². The number of rotatable bonds is 4. The van der Waals surface area contributed by atoms with E-state index in [0.29, 0.717) is 19.0 Å². The summed E-state index contributed by atoms with van der Waals surface area (Å²) in [6.45, 7) is 2.09. The van der Waals surface area contributed by atoms with E-state index in [1.807, 2.05) is 19.2 Å². The monoisotopic (exact) mass is 392 g/mol. The van der Waals surface area contributed by atoms with E-state index in [2.05, 4.69) is 20.6 Å². The fourth-order valence-corrected chi connectivity index (χ4v) is 1.87. The molecule has 1 aliphatic rings. The van der Waals surface area contributed by atoms with Crippen LogP contribution in [-0.2, 0) is 11.3 Å². The molecule has 20 heavy (non-hydrogen) atoms. The number of nitrogens with one attached hydrogen (secondary N) is 2. The van der Waals surface area contributed by atoms with Crippen molar-refractivity contribution >= 4 is 29.9 Å². The molecule has 0 spiro atoms. The molecule has 1 saturated heterocycles. The molecule has 2 heterocycles. The number of aliphatic imine (C=N–C) groups is 1. The summed E-state index contributed by atoms with van der Waals surface area (Å²) < 4.78 is 11.0. The number of halogens is 1. The number of guanidine groups is 1. The van der Waals surface area contributed by atoms with Gasteiger partial charge in [0.2, 0.25) is 5.88 Å². The van der Waals surface area contributed by atoms with Crippen LogP contribution in [-0.4, -0.2) is 44.4 Å². The minimum absolute atomic E-state index is 0. The van der Waals surface area contributed by atoms with Crippen molar-refractivity contribution in [3.63, 3.8) is 0 Å². The maximum absolute atomic E-state index is 5.77. The highest BCUT2D eigenvalue weighted by molar-refractivity contribution is 14.0. The predicted octanol–water partition coefficient (Wildman–Crippen LogP) is 1.16. The topological polar surface area (TPSA) is 67.8 Å². The van der Waals surface area contributed by atoms with Crippen molar-refractivity contribution in [2.24, 2.45) is 4.99 Å². The molecule has 1 atom stereocenters. The lowest BCUT2D eigenvalue weighted by Gasteiger charge is -2.12. The fraction of sp³-hybridized carbons (Fsp3) is 0.538. The lowest BCUT2D eigenvalue weighted by atomic mass is 10.2. The first-order valence-corrected chi connectivity index (χ1v) is 6.39. The van der Waals surface area contributed by atoms with Crippen LogP contribution >= 0.6 is 24.0 Å². The van der Waals surface area contributed by atoms with Gasteiger partial charge in [0.05, 0.1) is 13.2 Å². The van der Waals surface area contributed by atoms with Gasteiger partial charge in [-0.15, -0.1) is 24.0 Å². The van der Waals surface area contributed by atoms with Crippen molar-refractivity contribution < 1.29 is 9.47 Å². The third-order valence-electron chi connectivity index (χ3n) is 2.89. The number of ether oxygens (including phenoxy) is 2. The van der Waals surface area contributed by atoms with E-state index in [9.17, 15) is 0 Å². The quantitative estimate of drug-likeness (QED) is 0.458. The van der Waals surface area contributed by atoms with Gasteiger partial charge in [-0.1, -0.05) is 0 Å². The smallest absolute Gasteiger partial charge is 0.213 e. The Morgan fingerprint density at radius 2 is 2.45 bits per heavy atom. The Hall–Kier alpha value is -1.09. The summed E-state index contributed by atoms with van der Waals surface area (Å²) >= 11 is 0. The van der Waals surface area contributed by atoms with Crippen LogP contribution < -0.4 is 15.4 Å². The molecular weight excluding hydrogens is 371 g/mol. The van der Waals surface area contributed by atoms with Gasteiger partial charge in [0.25, 0.3) is 0 Å². The van der Waals surface area contributed by atoms with Gasteiger partial charge in [-0.3, -0.25) is 4.99 Å². The van der Waals surface area contributed by atoms with Crippen LogP contribution in [0.2, 0.25) is 0 Å². The largest absolute Gasteiger partial charge is 0.472 e. The molecule has 0 radical (unpaired) electrons. The Morgan fingerprint density at radius 1 is 1.60 bits per heavy atom. The molecule has 0 aliphatic carbocycles. The maximum atomic E-state index is 5.77. The molecule has 0 amide bonds. The molecular formula is C13H21IN4O2. The molecule has 2 rings (SSSR count). The molecule has 0 saturated carbocycles. The van der Waals surface area contributed by atoms with Crippen LogP contribution in [0.3, 0.4) is 0 Å². The molecule has 1 fully saturated rings. The molecule has 112 valence electrons. The van der Waals surface area contributed by atoms with Crippen molar-refractivity contribution in [2.45, 2.75) is 19.1 Å². The SMILES string of the molecule is CN=C(NC)NCc1ccnc(OC2CCOC2)c1.I. The Morgan fingerprint density at radius 3 is 3.10 bits per heavy atom. The van der Waals surface area contributed by atoms with Crippen molar-refractivity contribution in [3.8, 4) is 5.88 Å². The first kappa shape index (κ1) is 17.0. The van der Waals surface area contributed by atoms with Crippen LogP contribution in [0, 0.1) is 0 Å². The fourth-order valence-electron chi connectivity index (χ4n) is 1.87. The van der Waals surface area contributed by atoms with Gasteiger partial charge in [0, 0.05) is 39.3 Å². The molecule has 1 aromatic rings. The number of nitrogens with zero attached hydrogens (tertiary/aromatic N) is 2. The molecule has 2 N–H and O–H groups in total. The predicted molar refractivity (Wildman–Crippen MR) is 88.8 cm³/mol. The number of hydrogen-bond acceptors (Lipinski definition) is 4. The minimum Gasteiger partial charge on any atom is -0.472 e. The van der Waals surface area contributed by atoms with E-state index in [-0.39, 0.29) is 30.1 Å². The van der Waals surface area contributed by atoms with Gasteiger partial charge in [0.1, 0.15) is 6.10 Å². The summed E-state index contributed by atoms with van der Waals surface area (Å²) in [6.07, 6.45) is 2.81. The number of pyridine rings is 1. The molecule has 0 aromatic carbocycles. The van der Waals surface area contributed by atoms with Crippen LogP contribution in [0.25, 0.3) is 0 Å². The van der Waals surface area contributed by atoms with Crippen LogP contribution in [0.4, 0.5) is 0 Å². The second kappa shape index (κ2) is 8.96. The summed E-state index contributed by atoms with van der Waals surface area (Å²) in [5, 5.41) is 6.16. The first-order valence-electron chi connectivity index (χ1n) is 6.39. The van der Waals surface area contributed by atoms with Gasteiger partial charge in [-0.25, -0.2) is 4.98 Å². The van der Waals surface area contributed by atoms with Gasteiger partial charge in [-0.05, 0) is 11.6 Å². The zero-order valence-electron chi connectivity index (χ0n) is 11.8. The molecule has 1 unspecified atom stereocenters. The Kier molecular flexibility index (Phi) is 7.60. The van der Waals surface area contributed by atoms with Crippen molar-refractivity contribution in [2.75, 3.05) is 27.3 Å². The minimum atomic E-state index is 0. The average Bonchev–Trinajstić information content (AvgIpc) is 2.93. The Bertz CT molecular complexity index is 436. The highest BCUT2D eigenvalue weighted by atomic mass is 127. The summed E-state index contributed by atoms with van der Waals surface area (Å²) in [6, 6.07) is 3.89. The normalized spacial score (nSPS) is 18.3. The van der Waals surface area contributed by atoms with Gasteiger partial charge in [-0.2, -0.15) is 0 Å².